The van der Waals surface area contributed by atoms with E-state index in [1.54, 1.807) is 4.40 Å². The average molecular weight is 445 g/mol. The second kappa shape index (κ2) is 8.60. The van der Waals surface area contributed by atoms with Crippen LogP contribution < -0.4 is 5.32 Å². The maximum Gasteiger partial charge on any atom is 0.293 e. The zero-order chi connectivity index (χ0) is 22.0. The molecule has 0 aliphatic carbocycles. The molecule has 0 bridgehead atoms. The normalized spacial score (nSPS) is 16.7. The molecule has 1 aromatic carbocycles. The van der Waals surface area contributed by atoms with Crippen molar-refractivity contribution < 1.29 is 13.3 Å². The first kappa shape index (κ1) is 21.2. The summed E-state index contributed by atoms with van der Waals surface area (Å²) >= 11 is 0. The molecule has 1 atom stereocenters. The van der Waals surface area contributed by atoms with Crippen molar-refractivity contribution in [1.29, 1.82) is 0 Å². The van der Waals surface area contributed by atoms with Crippen LogP contribution in [-0.2, 0) is 10.0 Å². The van der Waals surface area contributed by atoms with E-state index in [0.29, 0.717) is 24.6 Å². The fraction of sp³-hybridized carbons (Fsp3) is 0.400. The number of anilines is 1. The van der Waals surface area contributed by atoms with E-state index in [2.05, 4.69) is 15.5 Å². The molecule has 0 radical (unpaired) electrons. The van der Waals surface area contributed by atoms with Gasteiger partial charge in [-0.3, -0.25) is 14.5 Å². The minimum Gasteiger partial charge on any atom is -0.370 e. The Balaban J connectivity index is 1.64. The van der Waals surface area contributed by atoms with Crippen LogP contribution in [0.2, 0.25) is 0 Å². The first-order chi connectivity index (χ1) is 14.9. The monoisotopic (exact) mass is 444 g/mol. The Labute approximate surface area is 180 Å². The molecule has 2 aromatic heterocycles. The summed E-state index contributed by atoms with van der Waals surface area (Å²) in [5, 5.41) is 23.1. The molecule has 11 heteroatoms. The number of nitrogens with one attached hydrogen (secondary N) is 1. The molecule has 0 spiro atoms. The zero-order valence-corrected chi connectivity index (χ0v) is 18.0. The number of nitro benzene ring substituents is 1. The molecular weight excluding hydrogens is 420 g/mol. The van der Waals surface area contributed by atoms with Gasteiger partial charge in [0.05, 0.1) is 15.9 Å². The topological polar surface area (TPSA) is 123 Å². The lowest BCUT2D eigenvalue weighted by Gasteiger charge is -2.20. The van der Waals surface area contributed by atoms with E-state index in [0.717, 1.165) is 31.7 Å². The molecule has 0 saturated carbocycles. The molecular formula is C20H24N6O4S. The van der Waals surface area contributed by atoms with E-state index in [1.165, 1.54) is 16.4 Å². The van der Waals surface area contributed by atoms with Gasteiger partial charge < -0.3 is 5.32 Å². The Kier molecular flexibility index (Phi) is 5.88. The summed E-state index contributed by atoms with van der Waals surface area (Å²) in [5.41, 5.74) is 0.594. The molecule has 4 rings (SSSR count). The Morgan fingerprint density at radius 2 is 1.84 bits per heavy atom. The van der Waals surface area contributed by atoms with Gasteiger partial charge in [-0.2, -0.15) is 4.31 Å². The smallest absolute Gasteiger partial charge is 0.293 e. The van der Waals surface area contributed by atoms with Crippen LogP contribution in [0.25, 0.3) is 5.65 Å². The molecule has 3 aromatic rings. The molecule has 1 N–H and O–H groups in total. The molecule has 0 amide bonds. The zero-order valence-electron chi connectivity index (χ0n) is 17.1. The largest absolute Gasteiger partial charge is 0.370 e. The van der Waals surface area contributed by atoms with Gasteiger partial charge in [-0.25, -0.2) is 8.42 Å². The van der Waals surface area contributed by atoms with Crippen molar-refractivity contribution >= 4 is 27.0 Å². The Morgan fingerprint density at radius 1 is 1.10 bits per heavy atom. The number of nitro groups is 1. The van der Waals surface area contributed by atoms with Gasteiger partial charge in [0.25, 0.3) is 5.69 Å². The van der Waals surface area contributed by atoms with E-state index in [-0.39, 0.29) is 16.3 Å². The van der Waals surface area contributed by atoms with Gasteiger partial charge in [0.1, 0.15) is 5.69 Å². The summed E-state index contributed by atoms with van der Waals surface area (Å²) in [4.78, 5) is 11.1. The van der Waals surface area contributed by atoms with Crippen LogP contribution in [0, 0.1) is 10.1 Å². The SMILES string of the molecule is CC(Nc1ccc(S(=O)(=O)N2CCCCCC2)cc1[N+](=O)[O-])c1nnc2ccccn12. The van der Waals surface area contributed by atoms with Gasteiger partial charge in [0.2, 0.25) is 10.0 Å². The van der Waals surface area contributed by atoms with Gasteiger partial charge in [-0.1, -0.05) is 18.9 Å². The maximum atomic E-state index is 13.0. The second-order valence-electron chi connectivity index (χ2n) is 7.61. The van der Waals surface area contributed by atoms with Crippen molar-refractivity contribution in [2.45, 2.75) is 43.5 Å². The minimum atomic E-state index is -3.78. The maximum absolute atomic E-state index is 13.0. The van der Waals surface area contributed by atoms with E-state index in [9.17, 15) is 18.5 Å². The number of aromatic nitrogens is 3. The third kappa shape index (κ3) is 4.23. The van der Waals surface area contributed by atoms with Gasteiger partial charge in [0.15, 0.2) is 11.5 Å². The van der Waals surface area contributed by atoms with Crippen molar-refractivity contribution in [1.82, 2.24) is 18.9 Å². The lowest BCUT2D eigenvalue weighted by molar-refractivity contribution is -0.384. The van der Waals surface area contributed by atoms with Crippen molar-refractivity contribution in [2.75, 3.05) is 18.4 Å². The molecule has 1 aliphatic heterocycles. The number of rotatable bonds is 6. The van der Waals surface area contributed by atoms with Crippen LogP contribution in [0.1, 0.15) is 44.5 Å². The van der Waals surface area contributed by atoms with E-state index >= 15 is 0 Å². The Morgan fingerprint density at radius 3 is 2.55 bits per heavy atom. The highest BCUT2D eigenvalue weighted by atomic mass is 32.2. The highest BCUT2D eigenvalue weighted by molar-refractivity contribution is 7.89. The first-order valence-electron chi connectivity index (χ1n) is 10.2. The lowest BCUT2D eigenvalue weighted by Crippen LogP contribution is -2.32. The van der Waals surface area contributed by atoms with Crippen LogP contribution in [0.3, 0.4) is 0 Å². The highest BCUT2D eigenvalue weighted by Crippen LogP contribution is 2.32. The predicted octanol–water partition coefficient (Wildman–Crippen LogP) is 3.38. The minimum absolute atomic E-state index is 0.0627. The summed E-state index contributed by atoms with van der Waals surface area (Å²) in [6, 6.07) is 9.11. The molecule has 1 saturated heterocycles. The van der Waals surface area contributed by atoms with Crippen molar-refractivity contribution in [3.8, 4) is 0 Å². The van der Waals surface area contributed by atoms with Crippen LogP contribution in [0.15, 0.2) is 47.5 Å². The van der Waals surface area contributed by atoms with E-state index in [4.69, 9.17) is 0 Å². The summed E-state index contributed by atoms with van der Waals surface area (Å²) in [7, 11) is -3.78. The van der Waals surface area contributed by atoms with E-state index < -0.39 is 21.0 Å². The van der Waals surface area contributed by atoms with Crippen molar-refractivity contribution in [3.05, 3.63) is 58.5 Å². The molecule has 3 heterocycles. The fourth-order valence-corrected chi connectivity index (χ4v) is 5.37. The molecule has 1 aliphatic rings. The van der Waals surface area contributed by atoms with Crippen LogP contribution in [-0.4, -0.2) is 45.3 Å². The van der Waals surface area contributed by atoms with Gasteiger partial charge in [-0.15, -0.1) is 10.2 Å². The Bertz CT molecular complexity index is 1200. The fourth-order valence-electron chi connectivity index (χ4n) is 3.83. The number of pyridine rings is 1. The molecule has 1 unspecified atom stereocenters. The van der Waals surface area contributed by atoms with Gasteiger partial charge in [0, 0.05) is 25.4 Å². The number of benzene rings is 1. The summed E-state index contributed by atoms with van der Waals surface area (Å²) in [6.45, 7) is 2.69. The van der Waals surface area contributed by atoms with Crippen LogP contribution >= 0.6 is 0 Å². The van der Waals surface area contributed by atoms with Crippen molar-refractivity contribution in [3.63, 3.8) is 0 Å². The predicted molar refractivity (Wildman–Crippen MR) is 115 cm³/mol. The van der Waals surface area contributed by atoms with Crippen LogP contribution in [0.5, 0.6) is 0 Å². The van der Waals surface area contributed by atoms with E-state index in [1.807, 2.05) is 31.3 Å². The number of nitrogens with zero attached hydrogens (tertiary/aromatic N) is 5. The second-order valence-corrected chi connectivity index (χ2v) is 9.55. The van der Waals surface area contributed by atoms with Crippen LogP contribution in [0.4, 0.5) is 11.4 Å². The summed E-state index contributed by atoms with van der Waals surface area (Å²) < 4.78 is 29.3. The Hall–Kier alpha value is -3.05. The average Bonchev–Trinajstić information content (AvgIpc) is 2.98. The standard InChI is InChI=1S/C20H24N6O4S/c1-15(20-23-22-19-8-4-7-13-25(19)20)21-17-10-9-16(14-18(17)26(27)28)31(29,30)24-11-5-2-3-6-12-24/h4,7-10,13-15,21H,2-3,5-6,11-12H2,1H3. The third-order valence-corrected chi connectivity index (χ3v) is 7.36. The number of fused-ring (bicyclic) bond motifs is 1. The highest BCUT2D eigenvalue weighted by Gasteiger charge is 2.28. The molecule has 10 nitrogen and oxygen atoms in total. The summed E-state index contributed by atoms with van der Waals surface area (Å²) in [5.74, 6) is 0.589. The quantitative estimate of drug-likeness (QED) is 0.457. The molecule has 164 valence electrons. The van der Waals surface area contributed by atoms with Gasteiger partial charge in [-0.05, 0) is 44.0 Å². The lowest BCUT2D eigenvalue weighted by atomic mass is 10.2. The number of sulfonamides is 1. The first-order valence-corrected chi connectivity index (χ1v) is 11.7. The summed E-state index contributed by atoms with van der Waals surface area (Å²) in [6.07, 6.45) is 5.39. The van der Waals surface area contributed by atoms with Gasteiger partial charge >= 0.3 is 0 Å². The molecule has 1 fully saturated rings. The number of hydrogen-bond acceptors (Lipinski definition) is 7. The van der Waals surface area contributed by atoms with Crippen molar-refractivity contribution in [2.24, 2.45) is 0 Å². The molecule has 31 heavy (non-hydrogen) atoms. The third-order valence-electron chi connectivity index (χ3n) is 5.47. The number of hydrogen-bond donors (Lipinski definition) is 1.